The zero-order valence-electron chi connectivity index (χ0n) is 21.6. The Morgan fingerprint density at radius 1 is 0.833 bits per heavy atom. The quantitative estimate of drug-likeness (QED) is 0.560. The lowest BCUT2D eigenvalue weighted by Crippen LogP contribution is -2.51. The Morgan fingerprint density at radius 3 is 2.44 bits per heavy atom. The first-order valence-corrected chi connectivity index (χ1v) is 13.8. The Balaban J connectivity index is 1.18. The van der Waals surface area contributed by atoms with Gasteiger partial charge in [-0.25, -0.2) is 14.6 Å². The van der Waals surface area contributed by atoms with Gasteiger partial charge in [0.05, 0.1) is 31.0 Å². The normalized spacial score (nSPS) is 24.4. The molecule has 4 aliphatic heterocycles. The second kappa shape index (κ2) is 9.08. The summed E-state index contributed by atoms with van der Waals surface area (Å²) in [6, 6.07) is 8.15. The molecule has 4 fully saturated rings. The number of aryl methyl sites for hydroxylation is 2. The van der Waals surface area contributed by atoms with Gasteiger partial charge in [0, 0.05) is 37.1 Å². The number of nitrogens with zero attached hydrogens (tertiary/aromatic N) is 7. The molecule has 6 heterocycles. The van der Waals surface area contributed by atoms with E-state index in [1.54, 1.807) is 0 Å². The van der Waals surface area contributed by atoms with Crippen molar-refractivity contribution < 1.29 is 4.74 Å². The van der Waals surface area contributed by atoms with E-state index in [2.05, 4.69) is 39.8 Å². The van der Waals surface area contributed by atoms with Crippen LogP contribution in [0.5, 0.6) is 0 Å². The highest BCUT2D eigenvalue weighted by Crippen LogP contribution is 2.35. The molecular weight excluding hydrogens is 450 g/mol. The highest BCUT2D eigenvalue weighted by molar-refractivity contribution is 5.82. The first-order valence-electron chi connectivity index (χ1n) is 13.8. The van der Waals surface area contributed by atoms with E-state index in [9.17, 15) is 0 Å². The molecule has 1 atom stereocenters. The second-order valence-corrected chi connectivity index (χ2v) is 11.2. The fourth-order valence-corrected chi connectivity index (χ4v) is 6.84. The Morgan fingerprint density at radius 2 is 1.64 bits per heavy atom. The Hall–Kier alpha value is -2.55. The molecule has 7 rings (SSSR count). The van der Waals surface area contributed by atoms with E-state index in [-0.39, 0.29) is 0 Å². The van der Waals surface area contributed by atoms with Gasteiger partial charge in [-0.15, -0.1) is 0 Å². The molecule has 190 valence electrons. The highest BCUT2D eigenvalue weighted by atomic mass is 16.5. The molecule has 0 N–H and O–H groups in total. The van der Waals surface area contributed by atoms with Gasteiger partial charge in [0.15, 0.2) is 5.82 Å². The van der Waals surface area contributed by atoms with Gasteiger partial charge >= 0.3 is 0 Å². The van der Waals surface area contributed by atoms with Gasteiger partial charge in [-0.1, -0.05) is 0 Å². The molecule has 0 radical (unpaired) electrons. The second-order valence-electron chi connectivity index (χ2n) is 11.2. The van der Waals surface area contributed by atoms with Crippen LogP contribution in [-0.2, 0) is 4.74 Å². The van der Waals surface area contributed by atoms with E-state index in [1.165, 1.54) is 48.7 Å². The zero-order valence-corrected chi connectivity index (χ0v) is 21.6. The smallest absolute Gasteiger partial charge is 0.159 e. The summed E-state index contributed by atoms with van der Waals surface area (Å²) in [7, 11) is 0. The van der Waals surface area contributed by atoms with Gasteiger partial charge in [0.2, 0.25) is 0 Å². The number of likely N-dealkylation sites (tertiary alicyclic amines) is 1. The minimum absolute atomic E-state index is 0.598. The van der Waals surface area contributed by atoms with Crippen LogP contribution < -0.4 is 4.90 Å². The maximum Gasteiger partial charge on any atom is 0.159 e. The number of hydrogen-bond donors (Lipinski definition) is 0. The van der Waals surface area contributed by atoms with E-state index in [0.29, 0.717) is 18.0 Å². The molecular formula is C28H37N7O. The van der Waals surface area contributed by atoms with Gasteiger partial charge in [0.25, 0.3) is 0 Å². The van der Waals surface area contributed by atoms with Crippen LogP contribution in [0, 0.1) is 13.8 Å². The molecule has 1 aromatic carbocycles. The van der Waals surface area contributed by atoms with E-state index < -0.39 is 0 Å². The number of ether oxygens (including phenoxy) is 1. The highest BCUT2D eigenvalue weighted by Gasteiger charge is 2.32. The lowest BCUT2D eigenvalue weighted by Gasteiger charge is -2.41. The molecule has 0 aliphatic carbocycles. The van der Waals surface area contributed by atoms with Crippen molar-refractivity contribution in [3.05, 3.63) is 41.3 Å². The molecule has 2 aromatic heterocycles. The first-order chi connectivity index (χ1) is 17.6. The molecule has 1 unspecified atom stereocenters. The number of hydrogen-bond acceptors (Lipinski definition) is 7. The van der Waals surface area contributed by atoms with Crippen molar-refractivity contribution in [1.82, 2.24) is 29.5 Å². The number of piperazine rings is 1. The molecule has 8 heteroatoms. The first kappa shape index (κ1) is 22.6. The molecule has 8 nitrogen and oxygen atoms in total. The summed E-state index contributed by atoms with van der Waals surface area (Å²) in [5, 5.41) is 5.98. The SMILES string of the molecule is Cc1nc(N2CCN3CCCC3C2)cc(-n2ncc3cc(C)c(C4CCN(C5COC5)CC4)cc32)n1. The minimum atomic E-state index is 0.598. The Bertz CT molecular complexity index is 1260. The summed E-state index contributed by atoms with van der Waals surface area (Å²) < 4.78 is 7.45. The van der Waals surface area contributed by atoms with Crippen molar-refractivity contribution in [2.75, 3.05) is 57.4 Å². The third-order valence-electron chi connectivity index (χ3n) is 9.00. The Kier molecular flexibility index (Phi) is 5.71. The number of aromatic nitrogens is 4. The predicted molar refractivity (Wildman–Crippen MR) is 141 cm³/mol. The minimum Gasteiger partial charge on any atom is -0.378 e. The van der Waals surface area contributed by atoms with Crippen molar-refractivity contribution in [1.29, 1.82) is 0 Å². The maximum atomic E-state index is 5.42. The van der Waals surface area contributed by atoms with E-state index in [0.717, 1.165) is 68.9 Å². The van der Waals surface area contributed by atoms with E-state index in [1.807, 2.05) is 17.8 Å². The predicted octanol–water partition coefficient (Wildman–Crippen LogP) is 3.29. The van der Waals surface area contributed by atoms with Gasteiger partial charge in [-0.3, -0.25) is 9.80 Å². The third-order valence-corrected chi connectivity index (χ3v) is 9.00. The van der Waals surface area contributed by atoms with E-state index in [4.69, 9.17) is 19.8 Å². The lowest BCUT2D eigenvalue weighted by atomic mass is 9.85. The number of rotatable bonds is 4. The summed E-state index contributed by atoms with van der Waals surface area (Å²) in [6.45, 7) is 12.9. The largest absolute Gasteiger partial charge is 0.378 e. The standard InChI is InChI=1S/C28H37N7O/c1-19-12-22-15-29-35(26(22)13-25(19)21-5-8-33(9-6-21)24-17-36-18-24)28-14-27(30-20(2)31-28)34-11-10-32-7-3-4-23(32)16-34/h12-15,21,23-24H,3-11,16-18H2,1-2H3. The molecule has 0 saturated carbocycles. The molecule has 0 spiro atoms. The average molecular weight is 488 g/mol. The number of anilines is 1. The van der Waals surface area contributed by atoms with E-state index >= 15 is 0 Å². The van der Waals surface area contributed by atoms with Gasteiger partial charge in [0.1, 0.15) is 11.6 Å². The monoisotopic (exact) mass is 487 g/mol. The van der Waals surface area contributed by atoms with Crippen molar-refractivity contribution in [3.63, 3.8) is 0 Å². The molecule has 0 bridgehead atoms. The van der Waals surface area contributed by atoms with Crippen molar-refractivity contribution in [3.8, 4) is 5.82 Å². The van der Waals surface area contributed by atoms with Crippen molar-refractivity contribution in [2.45, 2.75) is 57.5 Å². The van der Waals surface area contributed by atoms with Crippen LogP contribution in [0.3, 0.4) is 0 Å². The summed E-state index contributed by atoms with van der Waals surface area (Å²) in [4.78, 5) is 17.4. The van der Waals surface area contributed by atoms with Crippen LogP contribution in [0.1, 0.15) is 48.6 Å². The van der Waals surface area contributed by atoms with Crippen LogP contribution in [-0.4, -0.2) is 94.1 Å². The lowest BCUT2D eigenvalue weighted by molar-refractivity contribution is -0.0712. The maximum absolute atomic E-state index is 5.42. The van der Waals surface area contributed by atoms with Crippen LogP contribution in [0.2, 0.25) is 0 Å². The van der Waals surface area contributed by atoms with Crippen LogP contribution in [0.15, 0.2) is 24.4 Å². The number of piperidine rings is 1. The molecule has 0 amide bonds. The van der Waals surface area contributed by atoms with Crippen molar-refractivity contribution >= 4 is 16.7 Å². The number of benzene rings is 1. The third kappa shape index (κ3) is 3.99. The fourth-order valence-electron chi connectivity index (χ4n) is 6.84. The van der Waals surface area contributed by atoms with Gasteiger partial charge < -0.3 is 9.64 Å². The Labute approximate surface area is 213 Å². The summed E-state index contributed by atoms with van der Waals surface area (Å²) in [6.07, 6.45) is 7.02. The molecule has 3 aromatic rings. The topological polar surface area (TPSA) is 62.6 Å². The van der Waals surface area contributed by atoms with Crippen molar-refractivity contribution in [2.24, 2.45) is 0 Å². The van der Waals surface area contributed by atoms with Crippen LogP contribution in [0.4, 0.5) is 5.82 Å². The fraction of sp³-hybridized carbons (Fsp3) is 0.607. The van der Waals surface area contributed by atoms with Gasteiger partial charge in [-0.2, -0.15) is 5.10 Å². The molecule has 4 saturated heterocycles. The summed E-state index contributed by atoms with van der Waals surface area (Å²) >= 11 is 0. The zero-order chi connectivity index (χ0) is 24.2. The summed E-state index contributed by atoms with van der Waals surface area (Å²) in [5.41, 5.74) is 3.99. The summed E-state index contributed by atoms with van der Waals surface area (Å²) in [5.74, 6) is 3.31. The van der Waals surface area contributed by atoms with Crippen LogP contribution in [0.25, 0.3) is 16.7 Å². The van der Waals surface area contributed by atoms with Crippen LogP contribution >= 0.6 is 0 Å². The molecule has 4 aliphatic rings. The van der Waals surface area contributed by atoms with Gasteiger partial charge in [-0.05, 0) is 88.3 Å². The number of fused-ring (bicyclic) bond motifs is 2. The molecule has 36 heavy (non-hydrogen) atoms. The average Bonchev–Trinajstić information content (AvgIpc) is 3.49.